The average molecular weight is 363 g/mol. The summed E-state index contributed by atoms with van der Waals surface area (Å²) < 4.78 is 11.3. The van der Waals surface area contributed by atoms with Crippen molar-refractivity contribution in [3.05, 3.63) is 64.2 Å². The number of aromatic nitrogens is 1. The van der Waals surface area contributed by atoms with Crippen LogP contribution < -0.4 is 10.1 Å². The molecule has 0 atom stereocenters. The Balaban J connectivity index is 1.95. The highest BCUT2D eigenvalue weighted by Gasteiger charge is 2.12. The molecule has 6 heteroatoms. The predicted molar refractivity (Wildman–Crippen MR) is 96.0 cm³/mol. The van der Waals surface area contributed by atoms with Crippen LogP contribution in [-0.2, 0) is 6.54 Å². The molecule has 0 fully saturated rings. The van der Waals surface area contributed by atoms with Crippen LogP contribution in [0.3, 0.4) is 0 Å². The minimum Gasteiger partial charge on any atom is -0.457 e. The maximum atomic E-state index is 6.05. The van der Waals surface area contributed by atoms with Gasteiger partial charge in [0.1, 0.15) is 23.0 Å². The van der Waals surface area contributed by atoms with Gasteiger partial charge in [-0.05, 0) is 44.3 Å². The molecule has 0 saturated carbocycles. The SMILES string of the molecule is CNCc1cc(-c2ncoc2C)ccc1Oc1ccc(Cl)c(Cl)c1. The molecule has 0 bridgehead atoms. The van der Waals surface area contributed by atoms with E-state index < -0.39 is 0 Å². The van der Waals surface area contributed by atoms with E-state index in [-0.39, 0.29) is 0 Å². The van der Waals surface area contributed by atoms with E-state index in [9.17, 15) is 0 Å². The van der Waals surface area contributed by atoms with Crippen LogP contribution in [0.1, 0.15) is 11.3 Å². The molecule has 24 heavy (non-hydrogen) atoms. The number of nitrogens with one attached hydrogen (secondary N) is 1. The summed E-state index contributed by atoms with van der Waals surface area (Å²) in [5, 5.41) is 4.10. The summed E-state index contributed by atoms with van der Waals surface area (Å²) in [6.45, 7) is 2.54. The van der Waals surface area contributed by atoms with E-state index >= 15 is 0 Å². The lowest BCUT2D eigenvalue weighted by atomic mass is 10.1. The lowest BCUT2D eigenvalue weighted by Crippen LogP contribution is -2.06. The molecule has 124 valence electrons. The minimum absolute atomic E-state index is 0.458. The number of hydrogen-bond donors (Lipinski definition) is 1. The van der Waals surface area contributed by atoms with Crippen LogP contribution in [-0.4, -0.2) is 12.0 Å². The Morgan fingerprint density at radius 1 is 1.12 bits per heavy atom. The Bertz CT molecular complexity index is 862. The Labute approximate surface area is 150 Å². The van der Waals surface area contributed by atoms with E-state index in [0.717, 1.165) is 28.3 Å². The van der Waals surface area contributed by atoms with Gasteiger partial charge in [0.25, 0.3) is 0 Å². The van der Waals surface area contributed by atoms with Gasteiger partial charge in [-0.25, -0.2) is 4.98 Å². The van der Waals surface area contributed by atoms with Gasteiger partial charge in [0.15, 0.2) is 6.39 Å². The van der Waals surface area contributed by atoms with Gasteiger partial charge in [0, 0.05) is 23.7 Å². The zero-order valence-electron chi connectivity index (χ0n) is 13.3. The minimum atomic E-state index is 0.458. The normalized spacial score (nSPS) is 10.8. The zero-order valence-corrected chi connectivity index (χ0v) is 14.8. The number of rotatable bonds is 5. The molecule has 3 aromatic rings. The molecule has 2 aromatic carbocycles. The number of aryl methyl sites for hydroxylation is 1. The van der Waals surface area contributed by atoms with E-state index in [2.05, 4.69) is 10.3 Å². The number of hydrogen-bond acceptors (Lipinski definition) is 4. The molecule has 1 heterocycles. The third-order valence-electron chi connectivity index (χ3n) is 3.56. The monoisotopic (exact) mass is 362 g/mol. The number of halogens is 2. The van der Waals surface area contributed by atoms with Crippen LogP contribution >= 0.6 is 23.2 Å². The average Bonchev–Trinajstić information content (AvgIpc) is 2.99. The summed E-state index contributed by atoms with van der Waals surface area (Å²) >= 11 is 12.0. The van der Waals surface area contributed by atoms with Gasteiger partial charge in [-0.1, -0.05) is 23.2 Å². The second-order valence-corrected chi connectivity index (χ2v) is 6.10. The van der Waals surface area contributed by atoms with E-state index in [1.807, 2.05) is 32.2 Å². The quantitative estimate of drug-likeness (QED) is 0.653. The molecule has 1 N–H and O–H groups in total. The summed E-state index contributed by atoms with van der Waals surface area (Å²) in [5.41, 5.74) is 2.81. The first-order valence-corrected chi connectivity index (χ1v) is 8.15. The highest BCUT2D eigenvalue weighted by Crippen LogP contribution is 2.33. The van der Waals surface area contributed by atoms with Crippen molar-refractivity contribution in [2.24, 2.45) is 0 Å². The Morgan fingerprint density at radius 3 is 2.62 bits per heavy atom. The molecule has 0 amide bonds. The van der Waals surface area contributed by atoms with Gasteiger partial charge in [0.2, 0.25) is 0 Å². The van der Waals surface area contributed by atoms with Crippen LogP contribution in [0.4, 0.5) is 0 Å². The van der Waals surface area contributed by atoms with Gasteiger partial charge >= 0.3 is 0 Å². The number of ether oxygens (including phenoxy) is 1. The first-order valence-electron chi connectivity index (χ1n) is 7.39. The fourth-order valence-corrected chi connectivity index (χ4v) is 2.69. The summed E-state index contributed by atoms with van der Waals surface area (Å²) in [6, 6.07) is 11.1. The van der Waals surface area contributed by atoms with Crippen LogP contribution in [0.25, 0.3) is 11.3 Å². The third-order valence-corrected chi connectivity index (χ3v) is 4.30. The van der Waals surface area contributed by atoms with Crippen molar-refractivity contribution in [2.75, 3.05) is 7.05 Å². The lowest BCUT2D eigenvalue weighted by Gasteiger charge is -2.13. The van der Waals surface area contributed by atoms with Crippen LogP contribution in [0.2, 0.25) is 10.0 Å². The first-order chi connectivity index (χ1) is 11.6. The fourth-order valence-electron chi connectivity index (χ4n) is 2.40. The Morgan fingerprint density at radius 2 is 1.96 bits per heavy atom. The Kier molecular flexibility index (Phi) is 5.09. The predicted octanol–water partition coefficient (Wildman–Crippen LogP) is 5.47. The van der Waals surface area contributed by atoms with E-state index in [1.165, 1.54) is 6.39 Å². The van der Waals surface area contributed by atoms with Crippen molar-refractivity contribution >= 4 is 23.2 Å². The van der Waals surface area contributed by atoms with Crippen molar-refractivity contribution in [1.82, 2.24) is 10.3 Å². The topological polar surface area (TPSA) is 47.3 Å². The smallest absolute Gasteiger partial charge is 0.181 e. The van der Waals surface area contributed by atoms with Crippen molar-refractivity contribution in [3.63, 3.8) is 0 Å². The van der Waals surface area contributed by atoms with Gasteiger partial charge in [0.05, 0.1) is 10.0 Å². The molecule has 4 nitrogen and oxygen atoms in total. The molecular weight excluding hydrogens is 347 g/mol. The number of benzene rings is 2. The van der Waals surface area contributed by atoms with Crippen molar-refractivity contribution < 1.29 is 9.15 Å². The second kappa shape index (κ2) is 7.26. The second-order valence-electron chi connectivity index (χ2n) is 5.29. The zero-order chi connectivity index (χ0) is 17.1. The molecule has 0 unspecified atom stereocenters. The van der Waals surface area contributed by atoms with Crippen molar-refractivity contribution in [2.45, 2.75) is 13.5 Å². The number of oxazole rings is 1. The van der Waals surface area contributed by atoms with E-state index in [0.29, 0.717) is 22.3 Å². The summed E-state index contributed by atoms with van der Waals surface area (Å²) in [7, 11) is 1.89. The largest absolute Gasteiger partial charge is 0.457 e. The van der Waals surface area contributed by atoms with Gasteiger partial charge < -0.3 is 14.5 Å². The maximum absolute atomic E-state index is 6.05. The first kappa shape index (κ1) is 16.8. The molecule has 0 aliphatic heterocycles. The highest BCUT2D eigenvalue weighted by molar-refractivity contribution is 6.42. The maximum Gasteiger partial charge on any atom is 0.181 e. The van der Waals surface area contributed by atoms with E-state index in [4.69, 9.17) is 32.4 Å². The fraction of sp³-hybridized carbons (Fsp3) is 0.167. The highest BCUT2D eigenvalue weighted by atomic mass is 35.5. The molecule has 0 radical (unpaired) electrons. The van der Waals surface area contributed by atoms with Crippen LogP contribution in [0.15, 0.2) is 47.2 Å². The molecule has 0 saturated heterocycles. The van der Waals surface area contributed by atoms with Gasteiger partial charge in [-0.3, -0.25) is 0 Å². The van der Waals surface area contributed by atoms with Crippen molar-refractivity contribution in [1.29, 1.82) is 0 Å². The van der Waals surface area contributed by atoms with Gasteiger partial charge in [-0.15, -0.1) is 0 Å². The molecule has 0 aliphatic rings. The lowest BCUT2D eigenvalue weighted by molar-refractivity contribution is 0.474. The molecular formula is C18H16Cl2N2O2. The van der Waals surface area contributed by atoms with Crippen LogP contribution in [0.5, 0.6) is 11.5 Å². The molecule has 3 rings (SSSR count). The summed E-state index contributed by atoms with van der Waals surface area (Å²) in [5.74, 6) is 2.16. The van der Waals surface area contributed by atoms with Crippen LogP contribution in [0, 0.1) is 6.92 Å². The summed E-state index contributed by atoms with van der Waals surface area (Å²) in [6.07, 6.45) is 1.45. The van der Waals surface area contributed by atoms with Gasteiger partial charge in [-0.2, -0.15) is 0 Å². The molecule has 0 spiro atoms. The number of nitrogens with zero attached hydrogens (tertiary/aromatic N) is 1. The van der Waals surface area contributed by atoms with E-state index in [1.54, 1.807) is 18.2 Å². The molecule has 1 aromatic heterocycles. The standard InChI is InChI=1S/C18H16Cl2N2O2/c1-11-18(22-10-23-11)12-3-6-17(13(7-12)9-21-2)24-14-4-5-15(19)16(20)8-14/h3-8,10,21H,9H2,1-2H3. The molecule has 0 aliphatic carbocycles. The summed E-state index contributed by atoms with van der Waals surface area (Å²) in [4.78, 5) is 4.26. The Hall–Kier alpha value is -2.01. The van der Waals surface area contributed by atoms with Crippen molar-refractivity contribution in [3.8, 4) is 22.8 Å². The third kappa shape index (κ3) is 3.56.